The molecule has 0 saturated heterocycles. The quantitative estimate of drug-likeness (QED) is 0.471. The van der Waals surface area contributed by atoms with Gasteiger partial charge in [-0.2, -0.15) is 4.76 Å². The van der Waals surface area contributed by atoms with Crippen LogP contribution in [0.5, 0.6) is 0 Å². The number of fused-ring (bicyclic) bond motifs is 2. The number of halogens is 1. The Labute approximate surface area is 169 Å². The van der Waals surface area contributed by atoms with Crippen LogP contribution in [-0.4, -0.2) is 42.3 Å². The molecule has 7 heteroatoms. The molecular formula is C20H24ClN3O2S. The average molecular weight is 406 g/mol. The van der Waals surface area contributed by atoms with Crippen molar-refractivity contribution in [1.29, 1.82) is 0 Å². The van der Waals surface area contributed by atoms with Gasteiger partial charge in [0.1, 0.15) is 12.3 Å². The molecule has 2 aromatic carbocycles. The summed E-state index contributed by atoms with van der Waals surface area (Å²) in [5, 5.41) is 19.0. The Morgan fingerprint density at radius 2 is 1.93 bits per heavy atom. The van der Waals surface area contributed by atoms with Gasteiger partial charge in [0.05, 0.1) is 12.1 Å². The lowest BCUT2D eigenvalue weighted by molar-refractivity contribution is 0.261. The molecule has 1 atom stereocenters. The summed E-state index contributed by atoms with van der Waals surface area (Å²) in [5.74, 6) is 0. The van der Waals surface area contributed by atoms with Crippen LogP contribution in [-0.2, 0) is 0 Å². The fraction of sp³-hybridized carbons (Fsp3) is 0.350. The predicted octanol–water partition coefficient (Wildman–Crippen LogP) is 4.20. The molecule has 0 bridgehead atoms. The number of quaternary nitrogens is 1. The van der Waals surface area contributed by atoms with E-state index in [1.54, 1.807) is 11.8 Å². The van der Waals surface area contributed by atoms with E-state index in [0.717, 1.165) is 52.0 Å². The second kappa shape index (κ2) is 7.54. The van der Waals surface area contributed by atoms with Crippen molar-refractivity contribution in [3.8, 4) is 0 Å². The lowest BCUT2D eigenvalue weighted by Crippen LogP contribution is -2.42. The van der Waals surface area contributed by atoms with E-state index >= 15 is 0 Å². The van der Waals surface area contributed by atoms with Gasteiger partial charge in [0.15, 0.2) is 5.69 Å². The van der Waals surface area contributed by atoms with E-state index in [9.17, 15) is 5.21 Å². The number of hydrogen-bond donors (Lipinski definition) is 0. The standard InChI is InChI=1S/C20H22ClN3OS.H2O/c1-4-23(5-2)10-11-24(25)16-8-6-13(3)20-18(16)19(22-24)15-12-14(21)7-9-17(15)26-20;/h6-9,12H,4-5,10-11H2,1-3H3;1H2. The number of aryl methyl sites for hydroxylation is 1. The highest BCUT2D eigenvalue weighted by Gasteiger charge is 2.40. The van der Waals surface area contributed by atoms with Gasteiger partial charge in [0.25, 0.3) is 0 Å². The molecule has 0 aliphatic carbocycles. The third-order valence-electron chi connectivity index (χ3n) is 5.23. The summed E-state index contributed by atoms with van der Waals surface area (Å²) >= 11 is 7.94. The summed E-state index contributed by atoms with van der Waals surface area (Å²) < 4.78 is -0.638. The average Bonchev–Trinajstić information content (AvgIpc) is 2.93. The van der Waals surface area contributed by atoms with Gasteiger partial charge in [-0.25, -0.2) is 0 Å². The van der Waals surface area contributed by atoms with E-state index in [4.69, 9.17) is 11.6 Å². The molecule has 2 aliphatic rings. The minimum atomic E-state index is -0.638. The van der Waals surface area contributed by atoms with Crippen molar-refractivity contribution < 1.29 is 5.48 Å². The third-order valence-corrected chi connectivity index (χ3v) is 6.77. The van der Waals surface area contributed by atoms with Gasteiger partial charge >= 0.3 is 0 Å². The minimum absolute atomic E-state index is 0. The van der Waals surface area contributed by atoms with Crippen LogP contribution in [0.1, 0.15) is 30.5 Å². The molecule has 144 valence electrons. The summed E-state index contributed by atoms with van der Waals surface area (Å²) in [5.41, 5.74) is 4.70. The molecule has 2 aliphatic heterocycles. The molecule has 2 aromatic rings. The van der Waals surface area contributed by atoms with E-state index in [2.05, 4.69) is 30.8 Å². The molecule has 4 rings (SSSR count). The van der Waals surface area contributed by atoms with Gasteiger partial charge in [-0.3, -0.25) is 4.90 Å². The summed E-state index contributed by atoms with van der Waals surface area (Å²) in [4.78, 5) is 4.52. The van der Waals surface area contributed by atoms with Crippen LogP contribution in [0.15, 0.2) is 45.2 Å². The lowest BCUT2D eigenvalue weighted by atomic mass is 9.99. The summed E-state index contributed by atoms with van der Waals surface area (Å²) in [6.07, 6.45) is 0. The SMILES string of the molecule is CCN(CC)CC[N+]1([O-])N=C2c3cc(Cl)ccc3Sc3c(C)ccc1c32.O. The van der Waals surface area contributed by atoms with Gasteiger partial charge in [0, 0.05) is 26.4 Å². The normalized spacial score (nSPS) is 19.4. The molecule has 5 nitrogen and oxygen atoms in total. The topological polar surface area (TPSA) is 70.2 Å². The van der Waals surface area contributed by atoms with Crippen molar-refractivity contribution in [2.24, 2.45) is 5.10 Å². The highest BCUT2D eigenvalue weighted by molar-refractivity contribution is 7.99. The largest absolute Gasteiger partial charge is 0.599 e. The molecule has 0 aromatic heterocycles. The van der Waals surface area contributed by atoms with Crippen LogP contribution in [0.3, 0.4) is 0 Å². The van der Waals surface area contributed by atoms with Crippen LogP contribution in [0.25, 0.3) is 0 Å². The van der Waals surface area contributed by atoms with Gasteiger partial charge in [-0.05, 0) is 43.8 Å². The van der Waals surface area contributed by atoms with E-state index < -0.39 is 4.76 Å². The number of rotatable bonds is 5. The summed E-state index contributed by atoms with van der Waals surface area (Å²) in [7, 11) is 0. The van der Waals surface area contributed by atoms with Gasteiger partial charge < -0.3 is 10.7 Å². The fourth-order valence-electron chi connectivity index (χ4n) is 3.66. The molecule has 2 heterocycles. The Hall–Kier alpha value is -1.41. The van der Waals surface area contributed by atoms with Gasteiger partial charge in [-0.1, -0.05) is 48.4 Å². The van der Waals surface area contributed by atoms with Crippen molar-refractivity contribution >= 4 is 34.8 Å². The second-order valence-corrected chi connectivity index (χ2v) is 8.24. The monoisotopic (exact) mass is 405 g/mol. The number of benzene rings is 2. The summed E-state index contributed by atoms with van der Waals surface area (Å²) in [6.45, 7) is 9.36. The Kier molecular flexibility index (Phi) is 5.68. The third kappa shape index (κ3) is 3.31. The molecule has 0 saturated carbocycles. The van der Waals surface area contributed by atoms with E-state index in [0.29, 0.717) is 11.6 Å². The molecule has 1 unspecified atom stereocenters. The van der Waals surface area contributed by atoms with Crippen LogP contribution >= 0.6 is 23.4 Å². The molecule has 2 N–H and O–H groups in total. The first kappa shape index (κ1) is 20.3. The molecule has 0 fully saturated rings. The van der Waals surface area contributed by atoms with Crippen molar-refractivity contribution in [2.45, 2.75) is 30.6 Å². The first-order valence-electron chi connectivity index (χ1n) is 9.00. The lowest BCUT2D eigenvalue weighted by Gasteiger charge is -2.34. The maximum atomic E-state index is 13.7. The first-order valence-corrected chi connectivity index (χ1v) is 10.2. The number of hydroxylamine groups is 1. The molecule has 27 heavy (non-hydrogen) atoms. The van der Waals surface area contributed by atoms with E-state index in [1.807, 2.05) is 30.3 Å². The van der Waals surface area contributed by atoms with E-state index in [1.165, 1.54) is 5.56 Å². The maximum Gasteiger partial charge on any atom is 0.170 e. The maximum absolute atomic E-state index is 13.7. The summed E-state index contributed by atoms with van der Waals surface area (Å²) in [6, 6.07) is 9.84. The smallest absolute Gasteiger partial charge is 0.170 e. The highest BCUT2D eigenvalue weighted by Crippen LogP contribution is 2.50. The Morgan fingerprint density at radius 3 is 2.63 bits per heavy atom. The Balaban J connectivity index is 0.00000210. The molecule has 0 radical (unpaired) electrons. The first-order chi connectivity index (χ1) is 12.5. The molecule has 0 spiro atoms. The number of likely N-dealkylation sites (N-methyl/N-ethyl adjacent to an activating group) is 1. The molecular weight excluding hydrogens is 382 g/mol. The van der Waals surface area contributed by atoms with Crippen LogP contribution in [0, 0.1) is 12.1 Å². The molecule has 0 amide bonds. The number of hydrogen-bond acceptors (Lipinski definition) is 4. The van der Waals surface area contributed by atoms with Crippen molar-refractivity contribution in [1.82, 2.24) is 9.66 Å². The number of nitrogens with zero attached hydrogens (tertiary/aromatic N) is 3. The zero-order valence-electron chi connectivity index (χ0n) is 15.8. The van der Waals surface area contributed by atoms with Crippen molar-refractivity contribution in [3.05, 3.63) is 57.3 Å². The minimum Gasteiger partial charge on any atom is -0.599 e. The van der Waals surface area contributed by atoms with Crippen LogP contribution < -0.4 is 4.76 Å². The van der Waals surface area contributed by atoms with Crippen LogP contribution in [0.2, 0.25) is 5.02 Å². The van der Waals surface area contributed by atoms with Crippen molar-refractivity contribution in [2.75, 3.05) is 26.2 Å². The van der Waals surface area contributed by atoms with Gasteiger partial charge in [-0.15, -0.1) is 0 Å². The van der Waals surface area contributed by atoms with Crippen molar-refractivity contribution in [3.63, 3.8) is 0 Å². The Bertz CT molecular complexity index is 914. The fourth-order valence-corrected chi connectivity index (χ4v) is 4.98. The second-order valence-electron chi connectivity index (χ2n) is 6.75. The zero-order chi connectivity index (χ0) is 18.5. The van der Waals surface area contributed by atoms with Crippen LogP contribution in [0.4, 0.5) is 5.69 Å². The zero-order valence-corrected chi connectivity index (χ0v) is 17.3. The van der Waals surface area contributed by atoms with E-state index in [-0.39, 0.29) is 5.48 Å². The van der Waals surface area contributed by atoms with Gasteiger partial charge in [0.2, 0.25) is 0 Å². The predicted molar refractivity (Wildman–Crippen MR) is 114 cm³/mol. The highest BCUT2D eigenvalue weighted by atomic mass is 35.5. The Morgan fingerprint density at radius 1 is 1.19 bits per heavy atom.